The number of unbranched alkanes of at least 4 members (excludes halogenated alkanes) is 7. The molecule has 0 spiro atoms. The Bertz CT molecular complexity index is 123. The lowest BCUT2D eigenvalue weighted by Crippen LogP contribution is -1.82. The summed E-state index contributed by atoms with van der Waals surface area (Å²) in [6.45, 7) is 4.08. The lowest BCUT2D eigenvalue weighted by Gasteiger charge is -1.98. The molecule has 0 bridgehead atoms. The Morgan fingerprint density at radius 2 is 1.31 bits per heavy atom. The molecule has 0 aliphatic carbocycles. The minimum Gasteiger partial charge on any atom is -0.0752 e. The minimum atomic E-state index is -0.881. The summed E-state index contributed by atoms with van der Waals surface area (Å²) >= 11 is 0. The van der Waals surface area contributed by atoms with E-state index in [1.54, 1.807) is 0 Å². The van der Waals surface area contributed by atoms with Crippen LogP contribution < -0.4 is 0 Å². The van der Waals surface area contributed by atoms with Crippen LogP contribution in [0, 0.1) is 0 Å². The molecule has 0 aliphatic heterocycles. The molecule has 0 radical (unpaired) electrons. The zero-order chi connectivity index (χ0) is 9.94. The van der Waals surface area contributed by atoms with Crippen molar-refractivity contribution in [1.29, 1.82) is 0 Å². The van der Waals surface area contributed by atoms with E-state index in [1.807, 2.05) is 6.66 Å². The van der Waals surface area contributed by atoms with E-state index >= 15 is 0 Å². The van der Waals surface area contributed by atoms with Gasteiger partial charge in [-0.15, -0.1) is 0 Å². The molecule has 0 amide bonds. The Kier molecular flexibility index (Phi) is 10.3. The zero-order valence-corrected chi connectivity index (χ0v) is 10.1. The number of rotatable bonds is 9. The third-order valence-electron chi connectivity index (χ3n) is 2.33. The van der Waals surface area contributed by atoms with Gasteiger partial charge in [0.2, 0.25) is 0 Å². The van der Waals surface area contributed by atoms with Gasteiger partial charge in [0.1, 0.15) is 12.8 Å². The summed E-state index contributed by atoms with van der Waals surface area (Å²) in [4.78, 5) is 0. The van der Waals surface area contributed by atoms with E-state index in [4.69, 9.17) is 0 Å². The van der Waals surface area contributed by atoms with Gasteiger partial charge in [-0.2, -0.15) is 0 Å². The summed E-state index contributed by atoms with van der Waals surface area (Å²) in [6, 6.07) is 0. The van der Waals surface area contributed by atoms with Crippen LogP contribution in [0.3, 0.4) is 0 Å². The third-order valence-corrected chi connectivity index (χ3v) is 3.27. The van der Waals surface area contributed by atoms with Crippen LogP contribution in [0.15, 0.2) is 0 Å². The summed E-state index contributed by atoms with van der Waals surface area (Å²) in [6.07, 6.45) is 11.6. The second-order valence-electron chi connectivity index (χ2n) is 3.83. The Morgan fingerprint density at radius 3 is 1.77 bits per heavy atom. The largest absolute Gasteiger partial charge is 0.335 e. The monoisotopic (exact) mass is 203 g/mol. The Morgan fingerprint density at radius 1 is 0.846 bits per heavy atom. The lowest BCUT2D eigenvalue weighted by atomic mass is 10.1. The second kappa shape index (κ2) is 10.2. The fourth-order valence-electron chi connectivity index (χ4n) is 1.47. The highest BCUT2D eigenvalue weighted by Crippen LogP contribution is 2.17. The van der Waals surface area contributed by atoms with Crippen LogP contribution in [0.4, 0.5) is 0 Å². The van der Waals surface area contributed by atoms with Crippen LogP contribution >= 0.6 is 7.80 Å². The quantitative estimate of drug-likeness (QED) is 0.396. The molecule has 0 saturated heterocycles. The standard InChI is InChI=1S/C11H24OP/c1-3-4-5-6-7-8-9-10-11-13(2)12/h3-11H2,1-2H3/q+1. The van der Waals surface area contributed by atoms with Gasteiger partial charge in [0.15, 0.2) is 0 Å². The zero-order valence-electron chi connectivity index (χ0n) is 9.22. The summed E-state index contributed by atoms with van der Waals surface area (Å²) < 4.78 is 10.8. The maximum atomic E-state index is 10.8. The topological polar surface area (TPSA) is 17.1 Å². The normalized spacial score (nSPS) is 11.7. The molecule has 1 atom stereocenters. The first-order chi connectivity index (χ1) is 6.27. The van der Waals surface area contributed by atoms with Crippen molar-refractivity contribution in [1.82, 2.24) is 0 Å². The minimum absolute atomic E-state index is 0.881. The highest BCUT2D eigenvalue weighted by atomic mass is 31.1. The van der Waals surface area contributed by atoms with Gasteiger partial charge in [-0.1, -0.05) is 50.0 Å². The highest BCUT2D eigenvalue weighted by molar-refractivity contribution is 7.43. The predicted molar refractivity (Wildman–Crippen MR) is 61.0 cm³/mol. The Labute approximate surface area is 84.1 Å². The van der Waals surface area contributed by atoms with E-state index in [1.165, 1.54) is 51.4 Å². The van der Waals surface area contributed by atoms with Crippen molar-refractivity contribution in [2.24, 2.45) is 0 Å². The molecule has 0 aromatic rings. The lowest BCUT2D eigenvalue weighted by molar-refractivity contribution is 0.575. The second-order valence-corrected chi connectivity index (χ2v) is 5.53. The summed E-state index contributed by atoms with van der Waals surface area (Å²) in [5, 5.41) is 0. The summed E-state index contributed by atoms with van der Waals surface area (Å²) in [7, 11) is -0.881. The van der Waals surface area contributed by atoms with Gasteiger partial charge in [-0.25, -0.2) is 0 Å². The van der Waals surface area contributed by atoms with Gasteiger partial charge in [-0.05, 0) is 12.8 Å². The molecule has 78 valence electrons. The Hall–Kier alpha value is 0.100. The molecular weight excluding hydrogens is 179 g/mol. The van der Waals surface area contributed by atoms with Gasteiger partial charge in [-0.3, -0.25) is 0 Å². The van der Waals surface area contributed by atoms with Gasteiger partial charge in [0.25, 0.3) is 0 Å². The van der Waals surface area contributed by atoms with Crippen molar-refractivity contribution in [2.75, 3.05) is 12.8 Å². The smallest absolute Gasteiger partial charge is 0.0752 e. The molecule has 0 aromatic carbocycles. The summed E-state index contributed by atoms with van der Waals surface area (Å²) in [5.74, 6) is 0. The Balaban J connectivity index is 2.87. The van der Waals surface area contributed by atoms with Crippen LogP contribution in [0.2, 0.25) is 0 Å². The van der Waals surface area contributed by atoms with Crippen molar-refractivity contribution < 1.29 is 4.57 Å². The SMILES string of the molecule is CCCCCCCCCC[P+](C)=O. The first kappa shape index (κ1) is 13.1. The van der Waals surface area contributed by atoms with Crippen molar-refractivity contribution in [3.63, 3.8) is 0 Å². The van der Waals surface area contributed by atoms with Crippen molar-refractivity contribution in [3.05, 3.63) is 0 Å². The van der Waals surface area contributed by atoms with E-state index in [9.17, 15) is 4.57 Å². The van der Waals surface area contributed by atoms with Crippen molar-refractivity contribution in [3.8, 4) is 0 Å². The number of hydrogen-bond acceptors (Lipinski definition) is 1. The third kappa shape index (κ3) is 12.1. The first-order valence-corrected chi connectivity index (χ1v) is 7.55. The fourth-order valence-corrected chi connectivity index (χ4v) is 2.14. The highest BCUT2D eigenvalue weighted by Gasteiger charge is 2.03. The molecule has 0 saturated carbocycles. The fraction of sp³-hybridized carbons (Fsp3) is 1.00. The molecule has 0 aliphatic rings. The molecule has 2 heteroatoms. The number of hydrogen-bond donors (Lipinski definition) is 0. The van der Waals surface area contributed by atoms with Gasteiger partial charge < -0.3 is 0 Å². The van der Waals surface area contributed by atoms with E-state index in [2.05, 4.69) is 6.92 Å². The maximum absolute atomic E-state index is 10.8. The van der Waals surface area contributed by atoms with Crippen LogP contribution in [0.5, 0.6) is 0 Å². The maximum Gasteiger partial charge on any atom is 0.335 e. The first-order valence-electron chi connectivity index (χ1n) is 5.65. The van der Waals surface area contributed by atoms with Crippen molar-refractivity contribution in [2.45, 2.75) is 58.3 Å². The van der Waals surface area contributed by atoms with E-state index in [-0.39, 0.29) is 0 Å². The van der Waals surface area contributed by atoms with Gasteiger partial charge >= 0.3 is 7.80 Å². The van der Waals surface area contributed by atoms with E-state index in [0.29, 0.717) is 0 Å². The van der Waals surface area contributed by atoms with Gasteiger partial charge in [0, 0.05) is 0 Å². The van der Waals surface area contributed by atoms with Crippen molar-refractivity contribution >= 4 is 7.80 Å². The molecule has 13 heavy (non-hydrogen) atoms. The molecule has 1 unspecified atom stereocenters. The average molecular weight is 203 g/mol. The molecule has 0 fully saturated rings. The van der Waals surface area contributed by atoms with Crippen LogP contribution in [-0.2, 0) is 4.57 Å². The van der Waals surface area contributed by atoms with Crippen LogP contribution in [-0.4, -0.2) is 12.8 Å². The molecule has 1 nitrogen and oxygen atoms in total. The molecule has 0 aromatic heterocycles. The summed E-state index contributed by atoms with van der Waals surface area (Å²) in [5.41, 5.74) is 0. The van der Waals surface area contributed by atoms with E-state index in [0.717, 1.165) is 6.16 Å². The van der Waals surface area contributed by atoms with Crippen LogP contribution in [0.1, 0.15) is 58.3 Å². The molecule has 0 N–H and O–H groups in total. The molecule has 0 heterocycles. The molecule has 0 rings (SSSR count). The molecular formula is C11H24OP+. The van der Waals surface area contributed by atoms with E-state index < -0.39 is 7.80 Å². The predicted octanol–water partition coefficient (Wildman–Crippen LogP) is 4.58. The van der Waals surface area contributed by atoms with Gasteiger partial charge in [0.05, 0.1) is 0 Å². The van der Waals surface area contributed by atoms with Crippen LogP contribution in [0.25, 0.3) is 0 Å². The average Bonchev–Trinajstić information content (AvgIpc) is 2.09.